The van der Waals surface area contributed by atoms with E-state index in [1.165, 1.54) is 11.6 Å². The summed E-state index contributed by atoms with van der Waals surface area (Å²) in [6, 6.07) is 13.4. The number of halogens is 1. The summed E-state index contributed by atoms with van der Waals surface area (Å²) in [4.78, 5) is 28.0. The van der Waals surface area contributed by atoms with Gasteiger partial charge in [-0.2, -0.15) is 0 Å². The molecule has 0 unspecified atom stereocenters. The molecule has 5 nitrogen and oxygen atoms in total. The molecule has 0 spiro atoms. The number of hydrogen-bond donors (Lipinski definition) is 2. The molecule has 160 valence electrons. The van der Waals surface area contributed by atoms with Gasteiger partial charge in [-0.05, 0) is 92.0 Å². The fourth-order valence-corrected chi connectivity index (χ4v) is 4.57. The van der Waals surface area contributed by atoms with Crippen molar-refractivity contribution in [1.29, 1.82) is 0 Å². The maximum absolute atomic E-state index is 13.8. The summed E-state index contributed by atoms with van der Waals surface area (Å²) < 4.78 is 13.8. The first-order chi connectivity index (χ1) is 15.0. The topological polar surface area (TPSA) is 85.1 Å². The van der Waals surface area contributed by atoms with Gasteiger partial charge in [0.25, 0.3) is 0 Å². The normalized spacial score (nSPS) is 18.6. The predicted octanol–water partition coefficient (Wildman–Crippen LogP) is 5.17. The van der Waals surface area contributed by atoms with Crippen LogP contribution in [0.15, 0.2) is 54.7 Å². The Hall–Kier alpha value is -3.28. The number of carbonyl (C=O) groups is 2. The van der Waals surface area contributed by atoms with E-state index in [0.29, 0.717) is 29.5 Å². The van der Waals surface area contributed by atoms with Crippen molar-refractivity contribution in [3.05, 3.63) is 71.7 Å². The average Bonchev–Trinajstić information content (AvgIpc) is 2.78. The van der Waals surface area contributed by atoms with Crippen molar-refractivity contribution in [3.8, 4) is 0 Å². The van der Waals surface area contributed by atoms with Crippen molar-refractivity contribution >= 4 is 28.4 Å². The molecule has 3 aromatic rings. The van der Waals surface area contributed by atoms with E-state index in [-0.39, 0.29) is 11.7 Å². The zero-order valence-electron chi connectivity index (χ0n) is 17.3. The summed E-state index contributed by atoms with van der Waals surface area (Å²) in [5.74, 6) is 0.0949. The number of fused-ring (bicyclic) bond motifs is 1. The van der Waals surface area contributed by atoms with Crippen LogP contribution < -0.4 is 11.1 Å². The Labute approximate surface area is 180 Å². The number of aromatic nitrogens is 1. The van der Waals surface area contributed by atoms with E-state index in [4.69, 9.17) is 5.73 Å². The molecule has 1 fully saturated rings. The quantitative estimate of drug-likeness (QED) is 0.578. The van der Waals surface area contributed by atoms with Crippen LogP contribution in [0.4, 0.5) is 10.1 Å². The number of nitrogens with zero attached hydrogens (tertiary/aromatic N) is 1. The van der Waals surface area contributed by atoms with Gasteiger partial charge in [0.05, 0.1) is 5.52 Å². The van der Waals surface area contributed by atoms with Crippen LogP contribution in [-0.4, -0.2) is 16.8 Å². The van der Waals surface area contributed by atoms with Crippen molar-refractivity contribution < 1.29 is 14.0 Å². The summed E-state index contributed by atoms with van der Waals surface area (Å²) >= 11 is 0. The van der Waals surface area contributed by atoms with Crippen LogP contribution in [0.3, 0.4) is 0 Å². The molecule has 0 bridgehead atoms. The smallest absolute Gasteiger partial charge is 0.248 e. The van der Waals surface area contributed by atoms with Gasteiger partial charge in [0.1, 0.15) is 5.82 Å². The maximum atomic E-state index is 13.8. The molecule has 31 heavy (non-hydrogen) atoms. The Bertz CT molecular complexity index is 1110. The van der Waals surface area contributed by atoms with Crippen molar-refractivity contribution in [2.45, 2.75) is 44.4 Å². The standard InChI is InChI=1S/C25H26FN3O2/c26-19-9-10-23-22(15-19)21(12-13-28-23)17-7-4-16(5-8-17)6-11-24(30)29-20-3-1-2-18(14-20)25(27)31/h1-3,9-10,12-17H,4-8,11H2,(H2,27,31)(H,29,30). The number of rotatable bonds is 6. The molecule has 3 N–H and O–H groups in total. The zero-order valence-corrected chi connectivity index (χ0v) is 17.3. The van der Waals surface area contributed by atoms with E-state index in [1.54, 1.807) is 42.6 Å². The summed E-state index contributed by atoms with van der Waals surface area (Å²) in [6.45, 7) is 0. The van der Waals surface area contributed by atoms with Gasteiger partial charge in [-0.3, -0.25) is 14.6 Å². The Balaban J connectivity index is 1.30. The molecule has 0 atom stereocenters. The fraction of sp³-hybridized carbons (Fsp3) is 0.320. The molecule has 1 saturated carbocycles. The van der Waals surface area contributed by atoms with Crippen LogP contribution in [0, 0.1) is 11.7 Å². The second kappa shape index (κ2) is 9.25. The minimum absolute atomic E-state index is 0.0562. The average molecular weight is 420 g/mol. The van der Waals surface area contributed by atoms with Crippen molar-refractivity contribution in [3.63, 3.8) is 0 Å². The number of nitrogens with one attached hydrogen (secondary N) is 1. The van der Waals surface area contributed by atoms with Gasteiger partial charge in [0, 0.05) is 29.3 Å². The Kier molecular flexibility index (Phi) is 6.26. The molecule has 6 heteroatoms. The Morgan fingerprint density at radius 3 is 2.65 bits per heavy atom. The lowest BCUT2D eigenvalue weighted by Crippen LogP contribution is -2.18. The number of benzene rings is 2. The third kappa shape index (κ3) is 5.08. The molecule has 1 heterocycles. The van der Waals surface area contributed by atoms with Gasteiger partial charge in [-0.1, -0.05) is 6.07 Å². The SMILES string of the molecule is NC(=O)c1cccc(NC(=O)CCC2CCC(c3ccnc4ccc(F)cc34)CC2)c1. The summed E-state index contributed by atoms with van der Waals surface area (Å²) in [6.07, 6.45) is 7.24. The molecule has 1 aromatic heterocycles. The first-order valence-corrected chi connectivity index (χ1v) is 10.7. The fourth-order valence-electron chi connectivity index (χ4n) is 4.57. The van der Waals surface area contributed by atoms with Gasteiger partial charge < -0.3 is 11.1 Å². The summed E-state index contributed by atoms with van der Waals surface area (Å²) in [5.41, 5.74) is 8.25. The molecule has 2 amide bonds. The number of anilines is 1. The second-order valence-corrected chi connectivity index (χ2v) is 8.31. The molecular weight excluding hydrogens is 393 g/mol. The van der Waals surface area contributed by atoms with Gasteiger partial charge in [-0.25, -0.2) is 4.39 Å². The highest BCUT2D eigenvalue weighted by molar-refractivity contribution is 5.96. The van der Waals surface area contributed by atoms with Gasteiger partial charge >= 0.3 is 0 Å². The van der Waals surface area contributed by atoms with E-state index < -0.39 is 5.91 Å². The lowest BCUT2D eigenvalue weighted by Gasteiger charge is -2.29. The molecule has 2 aromatic carbocycles. The molecule has 0 saturated heterocycles. The van der Waals surface area contributed by atoms with E-state index in [2.05, 4.69) is 10.3 Å². The number of nitrogens with two attached hydrogens (primary N) is 1. The lowest BCUT2D eigenvalue weighted by atomic mass is 9.76. The summed E-state index contributed by atoms with van der Waals surface area (Å²) in [7, 11) is 0. The highest BCUT2D eigenvalue weighted by Gasteiger charge is 2.24. The van der Waals surface area contributed by atoms with E-state index >= 15 is 0 Å². The minimum Gasteiger partial charge on any atom is -0.366 e. The lowest BCUT2D eigenvalue weighted by molar-refractivity contribution is -0.116. The number of primary amides is 1. The molecular formula is C25H26FN3O2. The predicted molar refractivity (Wildman–Crippen MR) is 119 cm³/mol. The maximum Gasteiger partial charge on any atom is 0.248 e. The molecule has 1 aliphatic carbocycles. The zero-order chi connectivity index (χ0) is 21.8. The van der Waals surface area contributed by atoms with Crippen LogP contribution in [-0.2, 0) is 4.79 Å². The largest absolute Gasteiger partial charge is 0.366 e. The second-order valence-electron chi connectivity index (χ2n) is 8.31. The van der Waals surface area contributed by atoms with E-state index in [9.17, 15) is 14.0 Å². The van der Waals surface area contributed by atoms with Crippen LogP contribution in [0.1, 0.15) is 60.4 Å². The summed E-state index contributed by atoms with van der Waals surface area (Å²) in [5, 5.41) is 3.75. The van der Waals surface area contributed by atoms with Gasteiger partial charge in [0.2, 0.25) is 11.8 Å². The number of carbonyl (C=O) groups excluding carboxylic acids is 2. The Morgan fingerprint density at radius 1 is 1.06 bits per heavy atom. The van der Waals surface area contributed by atoms with Crippen molar-refractivity contribution in [2.75, 3.05) is 5.32 Å². The highest BCUT2D eigenvalue weighted by Crippen LogP contribution is 2.39. The first kappa shape index (κ1) is 21.0. The minimum atomic E-state index is -0.516. The molecule has 0 aliphatic heterocycles. The van der Waals surface area contributed by atoms with Crippen LogP contribution in [0.25, 0.3) is 10.9 Å². The van der Waals surface area contributed by atoms with Crippen molar-refractivity contribution in [1.82, 2.24) is 4.98 Å². The van der Waals surface area contributed by atoms with Crippen LogP contribution in [0.2, 0.25) is 0 Å². The Morgan fingerprint density at radius 2 is 1.87 bits per heavy atom. The molecule has 1 aliphatic rings. The van der Waals surface area contributed by atoms with Crippen LogP contribution in [0.5, 0.6) is 0 Å². The van der Waals surface area contributed by atoms with Crippen molar-refractivity contribution in [2.24, 2.45) is 11.7 Å². The highest BCUT2D eigenvalue weighted by atomic mass is 19.1. The van der Waals surface area contributed by atoms with E-state index in [1.807, 2.05) is 6.07 Å². The molecule has 0 radical (unpaired) electrons. The number of hydrogen-bond acceptors (Lipinski definition) is 3. The van der Waals surface area contributed by atoms with Gasteiger partial charge in [0.15, 0.2) is 0 Å². The number of amides is 2. The third-order valence-corrected chi connectivity index (χ3v) is 6.23. The first-order valence-electron chi connectivity index (χ1n) is 10.7. The van der Waals surface area contributed by atoms with E-state index in [0.717, 1.165) is 43.0 Å². The third-order valence-electron chi connectivity index (χ3n) is 6.23. The van der Waals surface area contributed by atoms with Gasteiger partial charge in [-0.15, -0.1) is 0 Å². The molecule has 4 rings (SSSR count). The number of pyridine rings is 1. The monoisotopic (exact) mass is 419 g/mol. The van der Waals surface area contributed by atoms with Crippen LogP contribution >= 0.6 is 0 Å².